The Morgan fingerprint density at radius 3 is 1.28 bits per heavy atom. The number of benzene rings is 4. The van der Waals surface area contributed by atoms with Crippen molar-refractivity contribution in [2.24, 2.45) is 0 Å². The molecule has 6 amide bonds. The van der Waals surface area contributed by atoms with Crippen LogP contribution in [0.1, 0.15) is 45.7 Å². The van der Waals surface area contributed by atoms with Crippen LogP contribution in [0.4, 0.5) is 11.4 Å². The van der Waals surface area contributed by atoms with Gasteiger partial charge in [0.1, 0.15) is 0 Å². The fourth-order valence-corrected chi connectivity index (χ4v) is 8.95. The highest BCUT2D eigenvalue weighted by Crippen LogP contribution is 2.48. The molecule has 0 bridgehead atoms. The van der Waals surface area contributed by atoms with Gasteiger partial charge in [0.15, 0.2) is 0 Å². The number of nitrogens with one attached hydrogen (secondary N) is 2. The van der Waals surface area contributed by atoms with Crippen LogP contribution in [0, 0.1) is 20.2 Å². The molecule has 0 unspecified atom stereocenters. The lowest BCUT2D eigenvalue weighted by molar-refractivity contribution is -0.387. The average molecular weight is 963 g/mol. The predicted molar refractivity (Wildman–Crippen MR) is 256 cm³/mol. The number of nitrogens with zero attached hydrogens (tertiary/aromatic N) is 6. The number of amides is 6. The van der Waals surface area contributed by atoms with E-state index >= 15 is 0 Å². The summed E-state index contributed by atoms with van der Waals surface area (Å²) in [5, 5.41) is 50.4. The quantitative estimate of drug-likeness (QED) is 0.0708. The second-order valence-electron chi connectivity index (χ2n) is 15.8. The molecule has 4 aromatic carbocycles. The van der Waals surface area contributed by atoms with Crippen molar-refractivity contribution in [3.05, 3.63) is 127 Å². The lowest BCUT2D eigenvalue weighted by atomic mass is 9.95. The number of nitro benzene ring substituents is 2. The highest BCUT2D eigenvalue weighted by molar-refractivity contribution is 7.99. The maximum absolute atomic E-state index is 13.4. The maximum atomic E-state index is 13.4. The van der Waals surface area contributed by atoms with Gasteiger partial charge in [-0.05, 0) is 70.8 Å². The van der Waals surface area contributed by atoms with Crippen molar-refractivity contribution in [2.45, 2.75) is 23.6 Å². The van der Waals surface area contributed by atoms with Gasteiger partial charge in [-0.2, -0.15) is 0 Å². The molecule has 0 atom stereocenters. The van der Waals surface area contributed by atoms with Gasteiger partial charge >= 0.3 is 0 Å². The molecule has 0 aliphatic carbocycles. The minimum Gasteiger partial charge on any atom is -0.395 e. The van der Waals surface area contributed by atoms with Crippen molar-refractivity contribution in [3.63, 3.8) is 0 Å². The van der Waals surface area contributed by atoms with Crippen LogP contribution in [0.25, 0.3) is 34.4 Å². The molecule has 0 aromatic heterocycles. The number of aliphatic hydroxyl groups is 2. The molecule has 69 heavy (non-hydrogen) atoms. The molecule has 0 spiro atoms. The van der Waals surface area contributed by atoms with Crippen LogP contribution < -0.4 is 10.6 Å². The monoisotopic (exact) mass is 962 g/mol. The molecule has 360 valence electrons. The Morgan fingerprint density at radius 1 is 0.580 bits per heavy atom. The van der Waals surface area contributed by atoms with E-state index in [2.05, 4.69) is 10.6 Å². The first-order chi connectivity index (χ1) is 33.1. The van der Waals surface area contributed by atoms with Gasteiger partial charge in [-0.25, -0.2) is 0 Å². The molecule has 2 aliphatic heterocycles. The van der Waals surface area contributed by atoms with Crippen LogP contribution in [-0.4, -0.2) is 154 Å². The number of rotatable bonds is 16. The second kappa shape index (κ2) is 23.3. The van der Waals surface area contributed by atoms with E-state index in [0.717, 1.165) is 0 Å². The zero-order chi connectivity index (χ0) is 49.8. The third-order valence-electron chi connectivity index (χ3n) is 11.4. The van der Waals surface area contributed by atoms with Crippen LogP contribution >= 0.6 is 11.8 Å². The summed E-state index contributed by atoms with van der Waals surface area (Å²) < 4.78 is 0. The van der Waals surface area contributed by atoms with Gasteiger partial charge in [-0.15, -0.1) is 0 Å². The molecule has 2 fully saturated rings. The maximum Gasteiger partial charge on any atom is 0.291 e. The largest absolute Gasteiger partial charge is 0.395 e. The Morgan fingerprint density at radius 2 is 0.942 bits per heavy atom. The number of aliphatic hydroxyl groups excluding tert-OH is 2. The van der Waals surface area contributed by atoms with Gasteiger partial charge in [0.2, 0.25) is 23.6 Å². The minimum atomic E-state index is -0.656. The molecular weight excluding hydrogens is 913 g/mol. The summed E-state index contributed by atoms with van der Waals surface area (Å²) in [4.78, 5) is 108. The van der Waals surface area contributed by atoms with Crippen molar-refractivity contribution in [1.82, 2.24) is 30.2 Å². The van der Waals surface area contributed by atoms with Crippen molar-refractivity contribution in [1.29, 1.82) is 0 Å². The van der Waals surface area contributed by atoms with Crippen molar-refractivity contribution in [2.75, 3.05) is 78.7 Å². The van der Waals surface area contributed by atoms with Gasteiger partial charge in [0.25, 0.3) is 23.2 Å². The molecule has 6 rings (SSSR count). The van der Waals surface area contributed by atoms with Gasteiger partial charge in [-0.3, -0.25) is 49.0 Å². The lowest BCUT2D eigenvalue weighted by Gasteiger charge is -2.33. The molecule has 2 heterocycles. The average Bonchev–Trinajstić information content (AvgIpc) is 3.35. The summed E-state index contributed by atoms with van der Waals surface area (Å²) in [6, 6.07) is 17.7. The molecule has 0 radical (unpaired) electrons. The molecule has 0 saturated carbocycles. The van der Waals surface area contributed by atoms with Crippen LogP contribution in [0.15, 0.2) is 94.7 Å². The first-order valence-corrected chi connectivity index (χ1v) is 22.7. The van der Waals surface area contributed by atoms with E-state index in [1.54, 1.807) is 19.6 Å². The summed E-state index contributed by atoms with van der Waals surface area (Å²) >= 11 is 0.715. The first kappa shape index (κ1) is 50.7. The standard InChI is InChI=1S/C48H50N8O12S/c1-31(59)51-19-23-53(24-20-51)41(61)15-11-33-9-13-39(45(55(65)66)43(33)35-5-3-7-37(29-35)47(63)49-17-27-57)69-40-14-10-34(12-16-42(62)54-25-21-52(22-26-54)32(2)60)44(46(40)56(67)68)36-6-4-8-38(30-36)48(64)50-18-28-58/h3-16,29-30,57-58H,17-28H2,1-2H3,(H,49,63)(H,50,64)/b15-11+,16-12+. The predicted octanol–water partition coefficient (Wildman–Crippen LogP) is 3.84. The topological polar surface area (TPSA) is 266 Å². The number of carbonyl (C=O) groups is 6. The Hall–Kier alpha value is -7.75. The van der Waals surface area contributed by atoms with Crippen LogP contribution in [0.3, 0.4) is 0 Å². The van der Waals surface area contributed by atoms with E-state index in [4.69, 9.17) is 0 Å². The number of hydrogen-bond donors (Lipinski definition) is 4. The zero-order valence-electron chi connectivity index (χ0n) is 37.8. The van der Waals surface area contributed by atoms with E-state index in [-0.39, 0.29) is 119 Å². The molecule has 4 aromatic rings. The minimum absolute atomic E-state index is 0.0149. The van der Waals surface area contributed by atoms with E-state index in [1.807, 2.05) is 0 Å². The van der Waals surface area contributed by atoms with Crippen molar-refractivity contribution in [3.8, 4) is 22.3 Å². The van der Waals surface area contributed by atoms with Gasteiger partial charge < -0.3 is 40.4 Å². The number of hydrogen-bond acceptors (Lipinski definition) is 13. The number of piperazine rings is 2. The van der Waals surface area contributed by atoms with Gasteiger partial charge in [-0.1, -0.05) is 48.2 Å². The summed E-state index contributed by atoms with van der Waals surface area (Å²) in [5.41, 5.74) is -0.0253. The fraction of sp³-hybridized carbons (Fsp3) is 0.292. The van der Waals surface area contributed by atoms with Crippen LogP contribution in [0.2, 0.25) is 0 Å². The first-order valence-electron chi connectivity index (χ1n) is 21.9. The van der Waals surface area contributed by atoms with Crippen molar-refractivity contribution >= 4 is 70.7 Å². The summed E-state index contributed by atoms with van der Waals surface area (Å²) in [6.45, 7) is 4.50. The fourth-order valence-electron chi connectivity index (χ4n) is 7.90. The number of carbonyl (C=O) groups excluding carboxylic acids is 6. The smallest absolute Gasteiger partial charge is 0.291 e. The molecule has 20 nitrogen and oxygen atoms in total. The van der Waals surface area contributed by atoms with Crippen LogP contribution in [0.5, 0.6) is 0 Å². The molecule has 2 aliphatic rings. The van der Waals surface area contributed by atoms with Gasteiger partial charge in [0.05, 0.1) is 44.0 Å². The zero-order valence-corrected chi connectivity index (χ0v) is 38.6. The normalized spacial score (nSPS) is 14.0. The third-order valence-corrected chi connectivity index (χ3v) is 12.5. The SMILES string of the molecule is CC(=O)N1CCN(C(=O)/C=C/c2ccc(Sc3ccc(/C=C/C(=O)N4CCN(C(C)=O)CC4)c(-c4cccc(C(=O)NCCO)c4)c3[N+](=O)[O-])c([N+](=O)[O-])c2-c2cccc(C(=O)NCCO)c2)CC1. The molecule has 4 N–H and O–H groups in total. The van der Waals surface area contributed by atoms with E-state index in [1.165, 1.54) is 111 Å². The highest BCUT2D eigenvalue weighted by Gasteiger charge is 2.31. The molecule has 21 heteroatoms. The highest BCUT2D eigenvalue weighted by atomic mass is 32.2. The lowest BCUT2D eigenvalue weighted by Crippen LogP contribution is -2.49. The Labute approximate surface area is 400 Å². The third kappa shape index (κ3) is 12.4. The summed E-state index contributed by atoms with van der Waals surface area (Å²) in [7, 11) is 0. The summed E-state index contributed by atoms with van der Waals surface area (Å²) in [6.07, 6.45) is 5.33. The van der Waals surface area contributed by atoms with E-state index < -0.39 is 44.9 Å². The Kier molecular flexibility index (Phi) is 17.1. The van der Waals surface area contributed by atoms with Gasteiger partial charge in [0, 0.05) is 103 Å². The Bertz CT molecular complexity index is 2540. The van der Waals surface area contributed by atoms with E-state index in [0.29, 0.717) is 37.9 Å². The molecular formula is C48H50N8O12S. The Balaban J connectivity index is 1.48. The number of nitro groups is 2. The van der Waals surface area contributed by atoms with Crippen LogP contribution in [-0.2, 0) is 19.2 Å². The van der Waals surface area contributed by atoms with E-state index in [9.17, 15) is 59.2 Å². The van der Waals surface area contributed by atoms with Crippen molar-refractivity contribution < 1.29 is 48.8 Å². The summed E-state index contributed by atoms with van der Waals surface area (Å²) in [5.74, 6) is -2.19. The molecule has 2 saturated heterocycles. The second-order valence-corrected chi connectivity index (χ2v) is 16.9.